The molecule has 1 aliphatic carbocycles. The highest BCUT2D eigenvalue weighted by molar-refractivity contribution is 7.86. The molecular weight excluding hydrogens is 907 g/mol. The van der Waals surface area contributed by atoms with Crippen LogP contribution in [0.4, 0.5) is 11.4 Å². The van der Waals surface area contributed by atoms with Crippen molar-refractivity contribution in [1.82, 2.24) is 5.32 Å². The van der Waals surface area contributed by atoms with Crippen LogP contribution in [-0.2, 0) is 42.3 Å². The number of fused-ring (bicyclic) bond motifs is 6. The zero-order valence-electron chi connectivity index (χ0n) is 40.1. The van der Waals surface area contributed by atoms with Crippen molar-refractivity contribution in [1.29, 1.82) is 0 Å². The molecule has 0 saturated carbocycles. The number of hydrogen-bond donors (Lipinski definition) is 3. The average molecular weight is 969 g/mol. The molecule has 0 spiro atoms. The average Bonchev–Trinajstić information content (AvgIpc) is 3.65. The molecule has 5 aromatic rings. The number of allylic oxidation sites excluding steroid dienone is 7. The third-order valence-corrected chi connectivity index (χ3v) is 15.3. The first kappa shape index (κ1) is 49.3. The molecule has 0 aromatic heterocycles. The molecule has 0 radical (unpaired) electrons. The molecule has 0 unspecified atom stereocenters. The second-order valence-corrected chi connectivity index (χ2v) is 22.5. The molecule has 3 N–H and O–H groups in total. The van der Waals surface area contributed by atoms with Crippen LogP contribution < -0.4 is 15.0 Å². The number of nitrogens with zero attached hydrogens (tertiary/aromatic N) is 2. The molecule has 8 rings (SSSR count). The Bertz CT molecular complexity index is 3250. The fourth-order valence-corrected chi connectivity index (χ4v) is 11.4. The second-order valence-electron chi connectivity index (χ2n) is 19.4. The first-order chi connectivity index (χ1) is 32.7. The summed E-state index contributed by atoms with van der Waals surface area (Å²) in [7, 11) is -8.33. The predicted octanol–water partition coefficient (Wildman–Crippen LogP) is 10.8. The highest BCUT2D eigenvalue weighted by atomic mass is 32.2. The van der Waals surface area contributed by atoms with Gasteiger partial charge in [0.25, 0.3) is 20.2 Å². The number of carbonyl (C=O) groups excluding carboxylic acids is 1. The number of ether oxygens (including phenoxy) is 1. The van der Waals surface area contributed by atoms with Crippen molar-refractivity contribution in [2.45, 2.75) is 84.0 Å². The van der Waals surface area contributed by atoms with Crippen LogP contribution in [0.3, 0.4) is 0 Å². The van der Waals surface area contributed by atoms with Crippen LogP contribution in [0.5, 0.6) is 5.75 Å². The SMILES string of the molecule is C=C(C)C(=O)NCCc1ccc(OC2=C(/C=C/C3=[N+](CCCS(=O)(=O)O)c4ccc5ccccc5c4C3(C)C)CCC/C2=C\C=C2\N(CCCS(=O)(=O)O)c3ccc4ccccc4c3C2(C)C)cc1. The Morgan fingerprint density at radius 1 is 0.783 bits per heavy atom. The standard InChI is InChI=1S/C56H61N3O8S2/c1-38(2)54(60)57-33-32-39-20-26-44(27-21-39)67-53-42(24-30-49-55(3,4)51-45-18-9-7-14-40(45)22-28-47(51)58(49)34-12-36-68(61,62)63)16-11-17-43(53)25-31-50-56(5,6)52-46-19-10-8-15-41(46)23-29-48(52)59(50)35-13-37-69(64,65)66/h7-10,14-15,18-31H,1,11-13,16-17,32-37H2,2-6H3,(H2-,57,60,61,62,63,64,65,66)/p+1. The number of amides is 1. The molecule has 3 aliphatic rings. The summed E-state index contributed by atoms with van der Waals surface area (Å²) in [5.41, 5.74) is 8.83. The number of hydrogen-bond acceptors (Lipinski definition) is 7. The molecule has 0 bridgehead atoms. The fraction of sp³-hybridized carbons (Fsp3) is 0.321. The lowest BCUT2D eigenvalue weighted by molar-refractivity contribution is -0.437. The van der Waals surface area contributed by atoms with E-state index in [2.05, 4.69) is 122 Å². The smallest absolute Gasteiger partial charge is 0.265 e. The van der Waals surface area contributed by atoms with E-state index < -0.39 is 31.1 Å². The van der Waals surface area contributed by atoms with Crippen LogP contribution >= 0.6 is 0 Å². The van der Waals surface area contributed by atoms with Gasteiger partial charge in [-0.05, 0) is 133 Å². The number of anilines is 1. The molecule has 0 fully saturated rings. The van der Waals surface area contributed by atoms with Crippen LogP contribution in [0.15, 0.2) is 156 Å². The Kier molecular flexibility index (Phi) is 14.1. The summed E-state index contributed by atoms with van der Waals surface area (Å²) in [6.45, 7) is 15.4. The van der Waals surface area contributed by atoms with E-state index in [1.165, 1.54) is 0 Å². The van der Waals surface area contributed by atoms with Gasteiger partial charge in [0.1, 0.15) is 18.1 Å². The maximum absolute atomic E-state index is 12.1. The van der Waals surface area contributed by atoms with Gasteiger partial charge < -0.3 is 15.0 Å². The van der Waals surface area contributed by atoms with Gasteiger partial charge in [0, 0.05) is 59.6 Å². The molecule has 0 saturated heterocycles. The quantitative estimate of drug-likeness (QED) is 0.0469. The maximum Gasteiger partial charge on any atom is 0.265 e. The highest BCUT2D eigenvalue weighted by Crippen LogP contribution is 2.51. The van der Waals surface area contributed by atoms with Gasteiger partial charge in [-0.3, -0.25) is 13.9 Å². The molecule has 69 heavy (non-hydrogen) atoms. The molecule has 360 valence electrons. The van der Waals surface area contributed by atoms with Crippen LogP contribution in [0.1, 0.15) is 83.4 Å². The minimum atomic E-state index is -4.17. The van der Waals surface area contributed by atoms with Gasteiger partial charge in [0.05, 0.1) is 16.9 Å². The lowest BCUT2D eigenvalue weighted by Crippen LogP contribution is -2.28. The van der Waals surface area contributed by atoms with E-state index in [0.717, 1.165) is 97.2 Å². The van der Waals surface area contributed by atoms with E-state index in [1.54, 1.807) is 6.92 Å². The van der Waals surface area contributed by atoms with Crippen molar-refractivity contribution in [2.24, 2.45) is 0 Å². The van der Waals surface area contributed by atoms with Gasteiger partial charge in [0.15, 0.2) is 5.71 Å². The Balaban J connectivity index is 1.22. The number of nitrogens with one attached hydrogen (secondary N) is 1. The molecule has 13 heteroatoms. The minimum Gasteiger partial charge on any atom is -0.457 e. The van der Waals surface area contributed by atoms with E-state index in [1.807, 2.05) is 48.5 Å². The second kappa shape index (κ2) is 19.7. The molecule has 1 amide bonds. The summed E-state index contributed by atoms with van der Waals surface area (Å²) in [5, 5.41) is 7.38. The fourth-order valence-electron chi connectivity index (χ4n) is 10.4. The van der Waals surface area contributed by atoms with Gasteiger partial charge >= 0.3 is 0 Å². The molecule has 2 heterocycles. The minimum absolute atomic E-state index is 0.175. The lowest BCUT2D eigenvalue weighted by Gasteiger charge is -2.27. The summed E-state index contributed by atoms with van der Waals surface area (Å²) < 4.78 is 76.2. The first-order valence-corrected chi connectivity index (χ1v) is 26.9. The van der Waals surface area contributed by atoms with E-state index in [-0.39, 0.29) is 30.3 Å². The molecule has 2 aliphatic heterocycles. The topological polar surface area (TPSA) is 153 Å². The molecular formula is C56H62N3O8S2+. The summed E-state index contributed by atoms with van der Waals surface area (Å²) in [4.78, 5) is 14.3. The van der Waals surface area contributed by atoms with Gasteiger partial charge in [-0.2, -0.15) is 21.4 Å². The monoisotopic (exact) mass is 968 g/mol. The Labute approximate surface area is 406 Å². The van der Waals surface area contributed by atoms with Crippen molar-refractivity contribution < 1.29 is 40.0 Å². The zero-order valence-corrected chi connectivity index (χ0v) is 41.7. The summed E-state index contributed by atoms with van der Waals surface area (Å²) in [6, 6.07) is 32.9. The Morgan fingerprint density at radius 2 is 1.42 bits per heavy atom. The summed E-state index contributed by atoms with van der Waals surface area (Å²) in [5.74, 6) is 0.497. The van der Waals surface area contributed by atoms with E-state index in [9.17, 15) is 30.7 Å². The van der Waals surface area contributed by atoms with Gasteiger partial charge in [-0.1, -0.05) is 93.2 Å². The Morgan fingerprint density at radius 3 is 2.09 bits per heavy atom. The maximum atomic E-state index is 12.1. The summed E-state index contributed by atoms with van der Waals surface area (Å²) in [6.07, 6.45) is 12.0. The van der Waals surface area contributed by atoms with E-state index in [0.29, 0.717) is 37.4 Å². The van der Waals surface area contributed by atoms with Gasteiger partial charge in [0.2, 0.25) is 11.6 Å². The van der Waals surface area contributed by atoms with Crippen molar-refractivity contribution in [3.8, 4) is 5.75 Å². The van der Waals surface area contributed by atoms with Crippen LogP contribution in [0.25, 0.3) is 21.5 Å². The van der Waals surface area contributed by atoms with Crippen molar-refractivity contribution in [2.75, 3.05) is 36.0 Å². The largest absolute Gasteiger partial charge is 0.457 e. The zero-order chi connectivity index (χ0) is 49.3. The van der Waals surface area contributed by atoms with Crippen LogP contribution in [0.2, 0.25) is 0 Å². The molecule has 0 atom stereocenters. The number of benzene rings is 5. The summed E-state index contributed by atoms with van der Waals surface area (Å²) >= 11 is 0. The van der Waals surface area contributed by atoms with Crippen LogP contribution in [-0.4, -0.2) is 73.3 Å². The van der Waals surface area contributed by atoms with E-state index in [4.69, 9.17) is 4.74 Å². The van der Waals surface area contributed by atoms with E-state index >= 15 is 0 Å². The molecule has 11 nitrogen and oxygen atoms in total. The highest BCUT2D eigenvalue weighted by Gasteiger charge is 2.46. The Hall–Kier alpha value is -6.12. The van der Waals surface area contributed by atoms with Gasteiger partial charge in [-0.25, -0.2) is 0 Å². The van der Waals surface area contributed by atoms with Crippen LogP contribution in [0, 0.1) is 0 Å². The van der Waals surface area contributed by atoms with Crippen molar-refractivity contribution in [3.05, 3.63) is 173 Å². The lowest BCUT2D eigenvalue weighted by atomic mass is 9.78. The predicted molar refractivity (Wildman–Crippen MR) is 278 cm³/mol. The molecule has 5 aromatic carbocycles. The third kappa shape index (κ3) is 10.7. The number of carbonyl (C=O) groups is 1. The third-order valence-electron chi connectivity index (χ3n) is 13.7. The van der Waals surface area contributed by atoms with Crippen molar-refractivity contribution >= 4 is 64.8 Å². The van der Waals surface area contributed by atoms with Crippen molar-refractivity contribution in [3.63, 3.8) is 0 Å². The first-order valence-electron chi connectivity index (χ1n) is 23.6. The van der Waals surface area contributed by atoms with Gasteiger partial charge in [-0.15, -0.1) is 0 Å². The normalized spacial score (nSPS) is 17.9. The number of rotatable bonds is 17.